The molecule has 0 aliphatic carbocycles. The molecule has 0 unspecified atom stereocenters. The smallest absolute Gasteiger partial charge is 0.253 e. The van der Waals surface area contributed by atoms with Crippen molar-refractivity contribution >= 4 is 23.4 Å². The number of rotatable bonds is 6. The first kappa shape index (κ1) is 23.2. The number of benzene rings is 1. The largest absolute Gasteiger partial charge is 0.378 e. The number of amides is 1. The lowest BCUT2D eigenvalue weighted by molar-refractivity contribution is 0.0779. The number of ether oxygens (including phenoxy) is 1. The van der Waals surface area contributed by atoms with Crippen LogP contribution in [0.3, 0.4) is 0 Å². The Labute approximate surface area is 206 Å². The number of carbonyl (C=O) groups excluding carboxylic acids is 1. The van der Waals surface area contributed by atoms with E-state index in [-0.39, 0.29) is 5.91 Å². The molecule has 0 radical (unpaired) electrons. The van der Waals surface area contributed by atoms with Crippen LogP contribution in [0.25, 0.3) is 11.3 Å². The maximum atomic E-state index is 13.1. The third-order valence-electron chi connectivity index (χ3n) is 6.43. The summed E-state index contributed by atoms with van der Waals surface area (Å²) in [6, 6.07) is 11.8. The van der Waals surface area contributed by atoms with E-state index in [0.717, 1.165) is 54.4 Å². The zero-order valence-corrected chi connectivity index (χ0v) is 20.6. The first-order valence-corrected chi connectivity index (χ1v) is 12.3. The van der Waals surface area contributed by atoms with Gasteiger partial charge in [0.2, 0.25) is 5.95 Å². The highest BCUT2D eigenvalue weighted by Crippen LogP contribution is 2.39. The van der Waals surface area contributed by atoms with Crippen LogP contribution in [0.5, 0.6) is 0 Å². The summed E-state index contributed by atoms with van der Waals surface area (Å²) in [5, 5.41) is 0. The van der Waals surface area contributed by atoms with Crippen molar-refractivity contribution in [3.8, 4) is 11.3 Å². The monoisotopic (exact) mass is 472 g/mol. The Morgan fingerprint density at radius 3 is 2.69 bits per heavy atom. The second-order valence-corrected chi connectivity index (χ2v) is 9.55. The molecule has 1 fully saturated rings. The number of hydrogen-bond acceptors (Lipinski definition) is 7. The van der Waals surface area contributed by atoms with Gasteiger partial charge in [0.25, 0.3) is 5.91 Å². The molecule has 1 aromatic carbocycles. The van der Waals surface area contributed by atoms with Gasteiger partial charge in [0.05, 0.1) is 30.8 Å². The van der Waals surface area contributed by atoms with E-state index in [4.69, 9.17) is 14.7 Å². The van der Waals surface area contributed by atoms with Crippen molar-refractivity contribution in [2.24, 2.45) is 5.92 Å². The van der Waals surface area contributed by atoms with E-state index < -0.39 is 0 Å². The minimum absolute atomic E-state index is 0.0247. The second kappa shape index (κ2) is 10.00. The van der Waals surface area contributed by atoms with Crippen LogP contribution in [0, 0.1) is 5.92 Å². The maximum Gasteiger partial charge on any atom is 0.253 e. The lowest BCUT2D eigenvalue weighted by Gasteiger charge is -2.28. The topological polar surface area (TPSA) is 74.7 Å². The van der Waals surface area contributed by atoms with Crippen LogP contribution in [0.1, 0.15) is 29.8 Å². The number of anilines is 3. The molecule has 182 valence electrons. The van der Waals surface area contributed by atoms with Crippen LogP contribution in [0.2, 0.25) is 0 Å². The molecule has 1 amide bonds. The molecule has 2 aliphatic heterocycles. The summed E-state index contributed by atoms with van der Waals surface area (Å²) in [6.45, 7) is 8.59. The number of hydrogen-bond donors (Lipinski definition) is 0. The first-order chi connectivity index (χ1) is 17.0. The van der Waals surface area contributed by atoms with Crippen molar-refractivity contribution in [1.29, 1.82) is 0 Å². The Hall–Kier alpha value is -3.52. The molecular weight excluding hydrogens is 440 g/mol. The summed E-state index contributed by atoms with van der Waals surface area (Å²) in [6.07, 6.45) is 4.48. The van der Waals surface area contributed by atoms with E-state index in [9.17, 15) is 4.79 Å². The van der Waals surface area contributed by atoms with Gasteiger partial charge >= 0.3 is 0 Å². The first-order valence-electron chi connectivity index (χ1n) is 12.3. The fourth-order valence-corrected chi connectivity index (χ4v) is 4.80. The minimum atomic E-state index is 0.0247. The predicted octanol–water partition coefficient (Wildman–Crippen LogP) is 3.80. The molecule has 8 heteroatoms. The van der Waals surface area contributed by atoms with Crippen LogP contribution < -0.4 is 9.80 Å². The van der Waals surface area contributed by atoms with Gasteiger partial charge in [-0.15, -0.1) is 0 Å². The lowest BCUT2D eigenvalue weighted by atomic mass is 10.0. The van der Waals surface area contributed by atoms with Crippen LogP contribution in [0.4, 0.5) is 17.5 Å². The standard InChI is InChI=1S/C27H32N6O2/c1-19(2)18-31(3)26(34)21-7-4-6-20(16-21)24-23-9-11-33(22-8-5-10-28-17-22)25(23)30-27(29-24)32-12-14-35-15-13-32/h4-8,10,16-17,19H,9,11-15,18H2,1-3H3. The summed E-state index contributed by atoms with van der Waals surface area (Å²) >= 11 is 0. The Bertz CT molecular complexity index is 1190. The van der Waals surface area contributed by atoms with E-state index in [1.165, 1.54) is 0 Å². The van der Waals surface area contributed by atoms with Crippen LogP contribution in [-0.4, -0.2) is 72.2 Å². The quantitative estimate of drug-likeness (QED) is 0.540. The van der Waals surface area contributed by atoms with Crippen LogP contribution in [0.15, 0.2) is 48.8 Å². The minimum Gasteiger partial charge on any atom is -0.378 e. The second-order valence-electron chi connectivity index (χ2n) is 9.55. The molecule has 0 bridgehead atoms. The number of aromatic nitrogens is 3. The summed E-state index contributed by atoms with van der Waals surface area (Å²) in [7, 11) is 1.86. The fraction of sp³-hybridized carbons (Fsp3) is 0.407. The lowest BCUT2D eigenvalue weighted by Crippen LogP contribution is -2.37. The van der Waals surface area contributed by atoms with Crippen molar-refractivity contribution in [1.82, 2.24) is 19.9 Å². The molecule has 0 atom stereocenters. The summed E-state index contributed by atoms with van der Waals surface area (Å²) in [4.78, 5) is 33.7. The van der Waals surface area contributed by atoms with Gasteiger partial charge in [-0.1, -0.05) is 26.0 Å². The number of morpholine rings is 1. The number of carbonyl (C=O) groups is 1. The van der Waals surface area contributed by atoms with E-state index >= 15 is 0 Å². The third kappa shape index (κ3) is 4.84. The fourth-order valence-electron chi connectivity index (χ4n) is 4.80. The van der Waals surface area contributed by atoms with Gasteiger partial charge in [0.15, 0.2) is 0 Å². The third-order valence-corrected chi connectivity index (χ3v) is 6.43. The molecule has 0 spiro atoms. The molecule has 8 nitrogen and oxygen atoms in total. The molecule has 3 aromatic rings. The molecule has 2 aliphatic rings. The van der Waals surface area contributed by atoms with Gasteiger partial charge in [0, 0.05) is 56.1 Å². The van der Waals surface area contributed by atoms with Crippen molar-refractivity contribution in [3.05, 3.63) is 59.9 Å². The Balaban J connectivity index is 1.57. The average molecular weight is 473 g/mol. The highest BCUT2D eigenvalue weighted by Gasteiger charge is 2.29. The van der Waals surface area contributed by atoms with E-state index in [0.29, 0.717) is 37.2 Å². The average Bonchev–Trinajstić information content (AvgIpc) is 3.32. The predicted molar refractivity (Wildman–Crippen MR) is 137 cm³/mol. The van der Waals surface area contributed by atoms with Gasteiger partial charge in [-0.25, -0.2) is 4.98 Å². The number of pyridine rings is 1. The van der Waals surface area contributed by atoms with Gasteiger partial charge in [-0.2, -0.15) is 4.98 Å². The zero-order valence-electron chi connectivity index (χ0n) is 20.6. The van der Waals surface area contributed by atoms with Crippen molar-refractivity contribution < 1.29 is 9.53 Å². The van der Waals surface area contributed by atoms with Crippen molar-refractivity contribution in [2.75, 3.05) is 56.2 Å². The highest BCUT2D eigenvalue weighted by atomic mass is 16.5. The number of fused-ring (bicyclic) bond motifs is 1. The molecule has 5 rings (SSSR count). The Morgan fingerprint density at radius 2 is 1.94 bits per heavy atom. The summed E-state index contributed by atoms with van der Waals surface area (Å²) in [5.74, 6) is 2.05. The van der Waals surface area contributed by atoms with Gasteiger partial charge in [0.1, 0.15) is 5.82 Å². The molecule has 0 N–H and O–H groups in total. The van der Waals surface area contributed by atoms with Crippen molar-refractivity contribution in [2.45, 2.75) is 20.3 Å². The van der Waals surface area contributed by atoms with E-state index in [1.807, 2.05) is 43.6 Å². The molecular formula is C27H32N6O2. The van der Waals surface area contributed by atoms with Gasteiger partial charge < -0.3 is 19.4 Å². The van der Waals surface area contributed by atoms with Crippen LogP contribution in [-0.2, 0) is 11.2 Å². The maximum absolute atomic E-state index is 13.1. The SMILES string of the molecule is CC(C)CN(C)C(=O)c1cccc(-c2nc(N3CCOCC3)nc3c2CCN3c2cccnc2)c1. The molecule has 0 saturated carbocycles. The Morgan fingerprint density at radius 1 is 1.11 bits per heavy atom. The van der Waals surface area contributed by atoms with E-state index in [1.54, 1.807) is 11.1 Å². The molecule has 2 aromatic heterocycles. The highest BCUT2D eigenvalue weighted by molar-refractivity contribution is 5.95. The molecule has 4 heterocycles. The Kier molecular flexibility index (Phi) is 6.63. The van der Waals surface area contributed by atoms with Gasteiger partial charge in [-0.05, 0) is 36.6 Å². The summed E-state index contributed by atoms with van der Waals surface area (Å²) < 4.78 is 5.55. The van der Waals surface area contributed by atoms with E-state index in [2.05, 4.69) is 34.7 Å². The van der Waals surface area contributed by atoms with Crippen LogP contribution >= 0.6 is 0 Å². The van der Waals surface area contributed by atoms with Crippen molar-refractivity contribution in [3.63, 3.8) is 0 Å². The zero-order chi connectivity index (χ0) is 24.4. The normalized spacial score (nSPS) is 15.4. The van der Waals surface area contributed by atoms with Gasteiger partial charge in [-0.3, -0.25) is 9.78 Å². The number of nitrogens with zero attached hydrogens (tertiary/aromatic N) is 6. The molecule has 35 heavy (non-hydrogen) atoms. The molecule has 1 saturated heterocycles. The summed E-state index contributed by atoms with van der Waals surface area (Å²) in [5.41, 5.74) is 4.63.